The summed E-state index contributed by atoms with van der Waals surface area (Å²) in [6, 6.07) is 17.0. The van der Waals surface area contributed by atoms with E-state index < -0.39 is 5.60 Å². The molecule has 2 aromatic rings. The van der Waals surface area contributed by atoms with Gasteiger partial charge >= 0.3 is 0 Å². The number of phenols is 1. The highest BCUT2D eigenvalue weighted by Gasteiger charge is 2.37. The lowest BCUT2D eigenvalue weighted by Crippen LogP contribution is -2.36. The third-order valence-corrected chi connectivity index (χ3v) is 4.79. The van der Waals surface area contributed by atoms with Gasteiger partial charge in [0.25, 0.3) is 0 Å². The zero-order valence-electron chi connectivity index (χ0n) is 15.6. The highest BCUT2D eigenvalue weighted by molar-refractivity contribution is 5.56. The maximum atomic E-state index is 11.7. The van der Waals surface area contributed by atoms with Crippen LogP contribution in [0.2, 0.25) is 0 Å². The summed E-state index contributed by atoms with van der Waals surface area (Å²) in [6.07, 6.45) is 2.87. The molecule has 2 unspecified atom stereocenters. The molecule has 0 aromatic heterocycles. The molecule has 0 amide bonds. The highest BCUT2D eigenvalue weighted by atomic mass is 16.3. The van der Waals surface area contributed by atoms with E-state index in [0.717, 1.165) is 29.7 Å². The monoisotopic (exact) mass is 339 g/mol. The van der Waals surface area contributed by atoms with E-state index in [0.29, 0.717) is 0 Å². The summed E-state index contributed by atoms with van der Waals surface area (Å²) < 4.78 is 0. The van der Waals surface area contributed by atoms with E-state index in [1.54, 1.807) is 18.2 Å². The first-order chi connectivity index (χ1) is 11.8. The number of hydrogen-bond donors (Lipinski definition) is 2. The normalized spacial score (nSPS) is 15.8. The molecule has 134 valence electrons. The molecular weight excluding hydrogens is 310 g/mol. The second kappa shape index (κ2) is 8.32. The van der Waals surface area contributed by atoms with Gasteiger partial charge in [-0.2, -0.15) is 0 Å². The van der Waals surface area contributed by atoms with Gasteiger partial charge in [-0.05, 0) is 68.7 Å². The van der Waals surface area contributed by atoms with E-state index in [2.05, 4.69) is 11.8 Å². The summed E-state index contributed by atoms with van der Waals surface area (Å²) in [5, 5.41) is 21.6. The van der Waals surface area contributed by atoms with Crippen LogP contribution in [-0.4, -0.2) is 35.8 Å². The van der Waals surface area contributed by atoms with Crippen molar-refractivity contribution in [2.24, 2.45) is 5.92 Å². The van der Waals surface area contributed by atoms with Gasteiger partial charge < -0.3 is 15.1 Å². The number of benzene rings is 2. The molecule has 0 aliphatic carbocycles. The maximum Gasteiger partial charge on any atom is 0.115 e. The Bertz CT molecular complexity index is 709. The topological polar surface area (TPSA) is 43.7 Å². The molecule has 2 aromatic carbocycles. The van der Waals surface area contributed by atoms with E-state index >= 15 is 0 Å². The average molecular weight is 339 g/mol. The van der Waals surface area contributed by atoms with Gasteiger partial charge in [-0.15, -0.1) is 0 Å². The summed E-state index contributed by atoms with van der Waals surface area (Å²) in [4.78, 5) is 2.12. The van der Waals surface area contributed by atoms with Crippen molar-refractivity contribution in [3.05, 3.63) is 71.3 Å². The van der Waals surface area contributed by atoms with E-state index in [-0.39, 0.29) is 11.7 Å². The van der Waals surface area contributed by atoms with E-state index in [1.807, 2.05) is 63.5 Å². The van der Waals surface area contributed by atoms with Crippen LogP contribution in [0.1, 0.15) is 31.4 Å². The number of phenolic OH excluding ortho intramolecular Hbond substituents is 1. The SMILES string of the molecule is C/C(=C\c1ccccc1)C(O)(c1cccc(O)c1)C(C)CCN(C)C. The molecule has 2 atom stereocenters. The first-order valence-electron chi connectivity index (χ1n) is 8.74. The van der Waals surface area contributed by atoms with Crippen molar-refractivity contribution in [1.82, 2.24) is 4.90 Å². The molecule has 0 fully saturated rings. The lowest BCUT2D eigenvalue weighted by molar-refractivity contribution is 0.0145. The molecule has 2 N–H and O–H groups in total. The number of hydrogen-bond acceptors (Lipinski definition) is 3. The second-order valence-corrected chi connectivity index (χ2v) is 7.05. The van der Waals surface area contributed by atoms with Crippen molar-refractivity contribution in [3.8, 4) is 5.75 Å². The molecule has 0 radical (unpaired) electrons. The van der Waals surface area contributed by atoms with Crippen molar-refractivity contribution in [2.45, 2.75) is 25.9 Å². The standard InChI is InChI=1S/C22H29NO2/c1-17(13-14-23(3)4)22(25,20-11-8-12-21(24)16-20)18(2)15-19-9-6-5-7-10-19/h5-12,15-17,24-25H,13-14H2,1-4H3/b18-15+. The van der Waals surface area contributed by atoms with Gasteiger partial charge in [-0.1, -0.05) is 55.5 Å². The van der Waals surface area contributed by atoms with Crippen molar-refractivity contribution < 1.29 is 10.2 Å². The quantitative estimate of drug-likeness (QED) is 0.792. The molecular formula is C22H29NO2. The van der Waals surface area contributed by atoms with Crippen LogP contribution in [-0.2, 0) is 5.60 Å². The number of nitrogens with zero attached hydrogens (tertiary/aromatic N) is 1. The number of rotatable bonds is 7. The Kier molecular flexibility index (Phi) is 6.40. The van der Waals surface area contributed by atoms with Crippen LogP contribution in [0.3, 0.4) is 0 Å². The first kappa shape index (κ1) is 19.2. The summed E-state index contributed by atoms with van der Waals surface area (Å²) >= 11 is 0. The van der Waals surface area contributed by atoms with Crippen molar-refractivity contribution in [2.75, 3.05) is 20.6 Å². The molecule has 0 aliphatic rings. The predicted molar refractivity (Wildman–Crippen MR) is 104 cm³/mol. The zero-order valence-corrected chi connectivity index (χ0v) is 15.6. The van der Waals surface area contributed by atoms with Crippen LogP contribution >= 0.6 is 0 Å². The molecule has 0 aliphatic heterocycles. The minimum Gasteiger partial charge on any atom is -0.508 e. The minimum atomic E-state index is -1.13. The van der Waals surface area contributed by atoms with Gasteiger partial charge in [0.1, 0.15) is 11.4 Å². The third kappa shape index (κ3) is 4.71. The fourth-order valence-corrected chi connectivity index (χ4v) is 3.21. The third-order valence-electron chi connectivity index (χ3n) is 4.79. The highest BCUT2D eigenvalue weighted by Crippen LogP contribution is 2.40. The molecule has 2 rings (SSSR count). The maximum absolute atomic E-state index is 11.7. The summed E-state index contributed by atoms with van der Waals surface area (Å²) in [5.41, 5.74) is 1.52. The Morgan fingerprint density at radius 2 is 1.80 bits per heavy atom. The summed E-state index contributed by atoms with van der Waals surface area (Å²) in [6.45, 7) is 4.92. The van der Waals surface area contributed by atoms with Crippen molar-refractivity contribution in [1.29, 1.82) is 0 Å². The van der Waals surface area contributed by atoms with Gasteiger partial charge in [-0.3, -0.25) is 0 Å². The Morgan fingerprint density at radius 3 is 2.40 bits per heavy atom. The van der Waals surface area contributed by atoms with Crippen LogP contribution in [0, 0.1) is 5.92 Å². The molecule has 0 saturated heterocycles. The van der Waals surface area contributed by atoms with E-state index in [9.17, 15) is 10.2 Å². The molecule has 0 spiro atoms. The number of aromatic hydroxyl groups is 1. The minimum absolute atomic E-state index is 0.00309. The molecule has 3 heteroatoms. The largest absolute Gasteiger partial charge is 0.508 e. The van der Waals surface area contributed by atoms with E-state index in [1.165, 1.54) is 0 Å². The number of aliphatic hydroxyl groups is 1. The lowest BCUT2D eigenvalue weighted by atomic mass is 9.75. The van der Waals surface area contributed by atoms with Crippen LogP contribution in [0.15, 0.2) is 60.2 Å². The summed E-state index contributed by atoms with van der Waals surface area (Å²) in [5.74, 6) is 0.167. The predicted octanol–water partition coefficient (Wildman–Crippen LogP) is 4.27. The van der Waals surface area contributed by atoms with Gasteiger partial charge in [0.15, 0.2) is 0 Å². The smallest absolute Gasteiger partial charge is 0.115 e. The second-order valence-electron chi connectivity index (χ2n) is 7.05. The van der Waals surface area contributed by atoms with E-state index in [4.69, 9.17) is 0 Å². The molecule has 3 nitrogen and oxygen atoms in total. The van der Waals surface area contributed by atoms with Gasteiger partial charge in [0.2, 0.25) is 0 Å². The van der Waals surface area contributed by atoms with Crippen LogP contribution < -0.4 is 0 Å². The van der Waals surface area contributed by atoms with Crippen LogP contribution in [0.5, 0.6) is 5.75 Å². The van der Waals surface area contributed by atoms with Crippen LogP contribution in [0.4, 0.5) is 0 Å². The lowest BCUT2D eigenvalue weighted by Gasteiger charge is -2.37. The van der Waals surface area contributed by atoms with Crippen molar-refractivity contribution >= 4 is 6.08 Å². The Morgan fingerprint density at radius 1 is 1.12 bits per heavy atom. The average Bonchev–Trinajstić information content (AvgIpc) is 2.59. The molecule has 0 heterocycles. The fraction of sp³-hybridized carbons (Fsp3) is 0.364. The Balaban J connectivity index is 2.46. The summed E-state index contributed by atoms with van der Waals surface area (Å²) in [7, 11) is 4.07. The molecule has 0 saturated carbocycles. The molecule has 0 bridgehead atoms. The zero-order chi connectivity index (χ0) is 18.4. The Labute approximate surface area is 151 Å². The van der Waals surface area contributed by atoms with Gasteiger partial charge in [-0.25, -0.2) is 0 Å². The first-order valence-corrected chi connectivity index (χ1v) is 8.74. The van der Waals surface area contributed by atoms with Gasteiger partial charge in [0.05, 0.1) is 0 Å². The van der Waals surface area contributed by atoms with Gasteiger partial charge in [0, 0.05) is 0 Å². The van der Waals surface area contributed by atoms with Crippen LogP contribution in [0.25, 0.3) is 6.08 Å². The molecule has 25 heavy (non-hydrogen) atoms. The fourth-order valence-electron chi connectivity index (χ4n) is 3.21. The van der Waals surface area contributed by atoms with Crippen molar-refractivity contribution in [3.63, 3.8) is 0 Å². The Hall–Kier alpha value is -2.10.